The largest absolute Gasteiger partial charge is 0.322 e. The van der Waals surface area contributed by atoms with Gasteiger partial charge >= 0.3 is 0 Å². The van der Waals surface area contributed by atoms with Crippen molar-refractivity contribution >= 4 is 27.5 Å². The summed E-state index contributed by atoms with van der Waals surface area (Å²) in [7, 11) is 0. The number of rotatable bonds is 4. The molecule has 5 heteroatoms. The van der Waals surface area contributed by atoms with Gasteiger partial charge in [-0.3, -0.25) is 4.79 Å². The maximum Gasteiger partial charge on any atom is 0.238 e. The Hall–Kier alpha value is -0.940. The summed E-state index contributed by atoms with van der Waals surface area (Å²) in [6, 6.07) is 5.04. The zero-order chi connectivity index (χ0) is 13.0. The number of anilines is 1. The summed E-state index contributed by atoms with van der Waals surface area (Å²) in [6.45, 7) is 0.228. The van der Waals surface area contributed by atoms with E-state index in [2.05, 4.69) is 26.6 Å². The molecule has 0 radical (unpaired) electrons. The van der Waals surface area contributed by atoms with E-state index < -0.39 is 5.82 Å². The lowest BCUT2D eigenvalue weighted by atomic mass is 10.2. The molecule has 1 amide bonds. The highest BCUT2D eigenvalue weighted by atomic mass is 79.9. The van der Waals surface area contributed by atoms with Crippen molar-refractivity contribution in [2.75, 3.05) is 11.9 Å². The minimum Gasteiger partial charge on any atom is -0.322 e. The Bertz CT molecular complexity index is 413. The number of nitrogens with one attached hydrogen (secondary N) is 2. The average molecular weight is 315 g/mol. The number of amides is 1. The first kappa shape index (κ1) is 13.5. The lowest BCUT2D eigenvalue weighted by Crippen LogP contribution is -2.34. The lowest BCUT2D eigenvalue weighted by molar-refractivity contribution is -0.115. The number of hydrogen-bond acceptors (Lipinski definition) is 2. The molecule has 0 bridgehead atoms. The third-order valence-electron chi connectivity index (χ3n) is 3.13. The Morgan fingerprint density at radius 1 is 1.39 bits per heavy atom. The highest BCUT2D eigenvalue weighted by Gasteiger charge is 2.16. The van der Waals surface area contributed by atoms with Crippen molar-refractivity contribution in [2.45, 2.75) is 31.7 Å². The Morgan fingerprint density at radius 2 is 2.11 bits per heavy atom. The van der Waals surface area contributed by atoms with E-state index in [1.165, 1.54) is 18.9 Å². The Balaban J connectivity index is 1.86. The lowest BCUT2D eigenvalue weighted by Gasteiger charge is -2.12. The van der Waals surface area contributed by atoms with Gasteiger partial charge in [0.2, 0.25) is 5.91 Å². The van der Waals surface area contributed by atoms with Crippen LogP contribution in [-0.2, 0) is 4.79 Å². The van der Waals surface area contributed by atoms with Gasteiger partial charge in [-0.2, -0.15) is 0 Å². The minimum atomic E-state index is -0.432. The fourth-order valence-electron chi connectivity index (χ4n) is 2.17. The van der Waals surface area contributed by atoms with Crippen LogP contribution < -0.4 is 10.6 Å². The molecule has 1 fully saturated rings. The first-order valence-electron chi connectivity index (χ1n) is 6.14. The van der Waals surface area contributed by atoms with Crippen molar-refractivity contribution in [1.29, 1.82) is 0 Å². The molecule has 0 heterocycles. The standard InChI is InChI=1S/C13H16BrFN2O/c14-10-6-3-7-11(15)13(10)17-12(18)8-16-9-4-1-2-5-9/h3,6-7,9,16H,1-2,4-5,8H2,(H,17,18). The van der Waals surface area contributed by atoms with Gasteiger partial charge in [0.05, 0.1) is 12.2 Å². The SMILES string of the molecule is O=C(CNC1CCCC1)Nc1c(F)cccc1Br. The molecule has 18 heavy (non-hydrogen) atoms. The molecule has 0 atom stereocenters. The Morgan fingerprint density at radius 3 is 2.78 bits per heavy atom. The number of hydrogen-bond donors (Lipinski definition) is 2. The van der Waals surface area contributed by atoms with E-state index in [1.54, 1.807) is 12.1 Å². The van der Waals surface area contributed by atoms with E-state index in [4.69, 9.17) is 0 Å². The second-order valence-electron chi connectivity index (χ2n) is 4.51. The number of carbonyl (C=O) groups is 1. The van der Waals surface area contributed by atoms with Crippen molar-refractivity contribution < 1.29 is 9.18 Å². The first-order chi connectivity index (χ1) is 8.66. The van der Waals surface area contributed by atoms with Gasteiger partial charge in [-0.15, -0.1) is 0 Å². The number of carbonyl (C=O) groups excluding carboxylic acids is 1. The number of para-hydroxylation sites is 1. The summed E-state index contributed by atoms with van der Waals surface area (Å²) in [5.74, 6) is -0.647. The topological polar surface area (TPSA) is 41.1 Å². The van der Waals surface area contributed by atoms with E-state index in [9.17, 15) is 9.18 Å². The Kier molecular flexibility index (Phi) is 4.72. The van der Waals surface area contributed by atoms with Gasteiger partial charge in [0, 0.05) is 10.5 Å². The summed E-state index contributed by atoms with van der Waals surface area (Å²) in [5.41, 5.74) is 0.204. The van der Waals surface area contributed by atoms with Crippen LogP contribution in [0.25, 0.3) is 0 Å². The van der Waals surface area contributed by atoms with Gasteiger partial charge in [0.1, 0.15) is 5.82 Å². The summed E-state index contributed by atoms with van der Waals surface area (Å²) in [6.07, 6.45) is 4.68. The molecule has 2 rings (SSSR count). The average Bonchev–Trinajstić information content (AvgIpc) is 2.84. The molecule has 0 unspecified atom stereocenters. The normalized spacial score (nSPS) is 15.9. The van der Waals surface area contributed by atoms with Gasteiger partial charge in [-0.25, -0.2) is 4.39 Å². The quantitative estimate of drug-likeness (QED) is 0.896. The fourth-order valence-corrected chi connectivity index (χ4v) is 2.61. The molecule has 3 nitrogen and oxygen atoms in total. The minimum absolute atomic E-state index is 0.204. The number of benzene rings is 1. The molecule has 2 N–H and O–H groups in total. The first-order valence-corrected chi connectivity index (χ1v) is 6.93. The highest BCUT2D eigenvalue weighted by Crippen LogP contribution is 2.25. The molecule has 0 aromatic heterocycles. The van der Waals surface area contributed by atoms with Crippen molar-refractivity contribution in [3.8, 4) is 0 Å². The molecular weight excluding hydrogens is 299 g/mol. The summed E-state index contributed by atoms with van der Waals surface area (Å²) in [5, 5.41) is 5.77. The monoisotopic (exact) mass is 314 g/mol. The molecule has 1 aromatic carbocycles. The molecule has 0 spiro atoms. The van der Waals surface area contributed by atoms with E-state index in [-0.39, 0.29) is 18.1 Å². The van der Waals surface area contributed by atoms with Gasteiger partial charge in [-0.1, -0.05) is 18.9 Å². The molecule has 0 saturated heterocycles. The van der Waals surface area contributed by atoms with Crippen LogP contribution in [-0.4, -0.2) is 18.5 Å². The van der Waals surface area contributed by atoms with Crippen LogP contribution in [0, 0.1) is 5.82 Å². The van der Waals surface area contributed by atoms with Gasteiger partial charge < -0.3 is 10.6 Å². The zero-order valence-electron chi connectivity index (χ0n) is 10.0. The van der Waals surface area contributed by atoms with Crippen molar-refractivity contribution in [3.05, 3.63) is 28.5 Å². The van der Waals surface area contributed by atoms with Crippen LogP contribution >= 0.6 is 15.9 Å². The molecule has 1 aliphatic carbocycles. The summed E-state index contributed by atoms with van der Waals surface area (Å²) in [4.78, 5) is 11.7. The smallest absolute Gasteiger partial charge is 0.238 e. The van der Waals surface area contributed by atoms with E-state index in [0.29, 0.717) is 10.5 Å². The predicted molar refractivity (Wildman–Crippen MR) is 73.0 cm³/mol. The third-order valence-corrected chi connectivity index (χ3v) is 3.79. The van der Waals surface area contributed by atoms with Crippen LogP contribution in [0.1, 0.15) is 25.7 Å². The second kappa shape index (κ2) is 6.29. The zero-order valence-corrected chi connectivity index (χ0v) is 11.6. The summed E-state index contributed by atoms with van der Waals surface area (Å²) < 4.78 is 14.0. The second-order valence-corrected chi connectivity index (χ2v) is 5.36. The highest BCUT2D eigenvalue weighted by molar-refractivity contribution is 9.10. The molecule has 0 aliphatic heterocycles. The van der Waals surface area contributed by atoms with E-state index >= 15 is 0 Å². The van der Waals surface area contributed by atoms with Crippen LogP contribution in [0.5, 0.6) is 0 Å². The van der Waals surface area contributed by atoms with Crippen molar-refractivity contribution in [1.82, 2.24) is 5.32 Å². The molecule has 1 saturated carbocycles. The summed E-state index contributed by atoms with van der Waals surface area (Å²) >= 11 is 3.22. The van der Waals surface area contributed by atoms with Crippen LogP contribution in [0.3, 0.4) is 0 Å². The third kappa shape index (κ3) is 3.53. The van der Waals surface area contributed by atoms with E-state index in [0.717, 1.165) is 12.8 Å². The van der Waals surface area contributed by atoms with Crippen LogP contribution in [0.15, 0.2) is 22.7 Å². The number of halogens is 2. The van der Waals surface area contributed by atoms with E-state index in [1.807, 2.05) is 0 Å². The molecule has 1 aliphatic rings. The van der Waals surface area contributed by atoms with Gasteiger partial charge in [0.15, 0.2) is 0 Å². The molecule has 98 valence electrons. The van der Waals surface area contributed by atoms with Crippen LogP contribution in [0.4, 0.5) is 10.1 Å². The van der Waals surface area contributed by atoms with Crippen LogP contribution in [0.2, 0.25) is 0 Å². The van der Waals surface area contributed by atoms with Gasteiger partial charge in [-0.05, 0) is 40.9 Å². The Labute approximate surface area is 114 Å². The predicted octanol–water partition coefficient (Wildman–Crippen LogP) is 3.06. The maximum atomic E-state index is 13.5. The maximum absolute atomic E-state index is 13.5. The van der Waals surface area contributed by atoms with Gasteiger partial charge in [0.25, 0.3) is 0 Å². The van der Waals surface area contributed by atoms with Crippen molar-refractivity contribution in [2.24, 2.45) is 0 Å². The molecule has 1 aromatic rings. The van der Waals surface area contributed by atoms with Crippen molar-refractivity contribution in [3.63, 3.8) is 0 Å². The fraction of sp³-hybridized carbons (Fsp3) is 0.462. The molecular formula is C13H16BrFN2O.